The van der Waals surface area contributed by atoms with Crippen molar-refractivity contribution in [3.63, 3.8) is 0 Å². The van der Waals surface area contributed by atoms with Gasteiger partial charge in [0.15, 0.2) is 6.79 Å². The Hall–Kier alpha value is -3.65. The monoisotopic (exact) mass is 381 g/mol. The third kappa shape index (κ3) is 3.33. The number of phenolic OH excluding ortho intramolecular Hbond substituents is 1. The van der Waals surface area contributed by atoms with Gasteiger partial charge in [0.25, 0.3) is 5.69 Å². The first kappa shape index (κ1) is 17.7. The fraction of sp³-hybridized carbons (Fsp3) is 0.150. The normalized spacial score (nSPS) is 12.9. The van der Waals surface area contributed by atoms with Gasteiger partial charge in [-0.15, -0.1) is 0 Å². The van der Waals surface area contributed by atoms with Crippen LogP contribution < -0.4 is 4.74 Å². The summed E-state index contributed by atoms with van der Waals surface area (Å²) < 4.78 is 15.9. The van der Waals surface area contributed by atoms with Gasteiger partial charge in [0.2, 0.25) is 0 Å². The Kier molecular flexibility index (Phi) is 4.54. The number of esters is 1. The number of hydrogen-bond donors (Lipinski definition) is 1. The van der Waals surface area contributed by atoms with Crippen LogP contribution in [0.25, 0.3) is 10.8 Å². The Morgan fingerprint density at radius 2 is 1.93 bits per heavy atom. The highest BCUT2D eigenvalue weighted by Gasteiger charge is 2.22. The van der Waals surface area contributed by atoms with Gasteiger partial charge < -0.3 is 19.3 Å². The summed E-state index contributed by atoms with van der Waals surface area (Å²) in [6.07, 6.45) is 0. The summed E-state index contributed by atoms with van der Waals surface area (Å²) in [4.78, 5) is 23.1. The summed E-state index contributed by atoms with van der Waals surface area (Å²) in [6, 6.07) is 13.0. The van der Waals surface area contributed by atoms with Crippen LogP contribution in [-0.4, -0.2) is 22.8 Å². The van der Waals surface area contributed by atoms with E-state index in [0.29, 0.717) is 16.9 Å². The molecule has 0 amide bonds. The number of non-ortho nitro benzene ring substituents is 1. The molecule has 1 N–H and O–H groups in total. The molecule has 0 aliphatic carbocycles. The van der Waals surface area contributed by atoms with Crippen molar-refractivity contribution in [2.75, 3.05) is 6.79 Å². The van der Waals surface area contributed by atoms with Crippen LogP contribution in [0.2, 0.25) is 0 Å². The first-order chi connectivity index (χ1) is 13.5. The van der Waals surface area contributed by atoms with E-state index in [9.17, 15) is 20.0 Å². The van der Waals surface area contributed by atoms with E-state index < -0.39 is 10.9 Å². The van der Waals surface area contributed by atoms with Crippen LogP contribution in [0.4, 0.5) is 5.69 Å². The van der Waals surface area contributed by atoms with Gasteiger partial charge in [0, 0.05) is 23.3 Å². The zero-order chi connectivity index (χ0) is 19.7. The number of ether oxygens (including phenoxy) is 3. The molecule has 3 aromatic carbocycles. The fourth-order valence-corrected chi connectivity index (χ4v) is 3.11. The zero-order valence-corrected chi connectivity index (χ0v) is 14.6. The van der Waals surface area contributed by atoms with E-state index in [1.165, 1.54) is 18.2 Å². The molecule has 1 aliphatic rings. The molecule has 8 heteroatoms. The number of phenols is 1. The fourth-order valence-electron chi connectivity index (χ4n) is 3.11. The number of aromatic hydroxyl groups is 1. The molecule has 142 valence electrons. The lowest BCUT2D eigenvalue weighted by atomic mass is 10.1. The molecule has 8 nitrogen and oxygen atoms in total. The van der Waals surface area contributed by atoms with Crippen LogP contribution in [0.5, 0.6) is 11.5 Å². The molecule has 1 aliphatic heterocycles. The molecular formula is C20H15NO7. The van der Waals surface area contributed by atoms with Crippen molar-refractivity contribution < 1.29 is 29.0 Å². The van der Waals surface area contributed by atoms with Crippen molar-refractivity contribution >= 4 is 22.4 Å². The topological polar surface area (TPSA) is 108 Å². The third-order valence-corrected chi connectivity index (χ3v) is 4.43. The molecule has 4 rings (SSSR count). The highest BCUT2D eigenvalue weighted by atomic mass is 16.7. The van der Waals surface area contributed by atoms with Gasteiger partial charge >= 0.3 is 5.97 Å². The quantitative estimate of drug-likeness (QED) is 0.417. The van der Waals surface area contributed by atoms with Crippen molar-refractivity contribution in [3.8, 4) is 11.5 Å². The average molecular weight is 381 g/mol. The van der Waals surface area contributed by atoms with E-state index in [1.54, 1.807) is 6.07 Å². The second-order valence-electron chi connectivity index (χ2n) is 6.25. The largest absolute Gasteiger partial charge is 0.507 e. The molecule has 0 unspecified atom stereocenters. The molecule has 0 radical (unpaired) electrons. The van der Waals surface area contributed by atoms with E-state index in [2.05, 4.69) is 0 Å². The van der Waals surface area contributed by atoms with Crippen molar-refractivity contribution in [2.45, 2.75) is 13.2 Å². The number of benzene rings is 3. The number of fused-ring (bicyclic) bond motifs is 2. The lowest BCUT2D eigenvalue weighted by Gasteiger charge is -2.20. The van der Waals surface area contributed by atoms with Crippen molar-refractivity contribution in [1.82, 2.24) is 0 Å². The van der Waals surface area contributed by atoms with Gasteiger partial charge in [-0.1, -0.05) is 24.3 Å². The molecular weight excluding hydrogens is 366 g/mol. The van der Waals surface area contributed by atoms with Crippen LogP contribution in [-0.2, 0) is 22.7 Å². The first-order valence-electron chi connectivity index (χ1n) is 8.42. The highest BCUT2D eigenvalue weighted by Crippen LogP contribution is 2.33. The van der Waals surface area contributed by atoms with Crippen LogP contribution >= 0.6 is 0 Å². The summed E-state index contributed by atoms with van der Waals surface area (Å²) in [5.74, 6) is -0.530. The molecule has 0 spiro atoms. The lowest BCUT2D eigenvalue weighted by Crippen LogP contribution is -2.15. The minimum absolute atomic E-state index is 0.0111. The Morgan fingerprint density at radius 1 is 1.18 bits per heavy atom. The van der Waals surface area contributed by atoms with Gasteiger partial charge in [-0.25, -0.2) is 4.79 Å². The Balaban J connectivity index is 1.61. The van der Waals surface area contributed by atoms with E-state index in [-0.39, 0.29) is 37.0 Å². The minimum atomic E-state index is -0.740. The smallest absolute Gasteiger partial charge is 0.342 e. The molecule has 0 bridgehead atoms. The summed E-state index contributed by atoms with van der Waals surface area (Å²) in [7, 11) is 0. The molecule has 0 aromatic heterocycles. The van der Waals surface area contributed by atoms with Crippen LogP contribution in [0, 0.1) is 10.1 Å². The van der Waals surface area contributed by atoms with Gasteiger partial charge in [-0.3, -0.25) is 10.1 Å². The van der Waals surface area contributed by atoms with Crippen LogP contribution in [0.1, 0.15) is 21.5 Å². The van der Waals surface area contributed by atoms with Crippen LogP contribution in [0.3, 0.4) is 0 Å². The SMILES string of the molecule is O=C(OCc1cc([N+](=O)[O-])cc2c1OCOC2)c1cc2ccccc2cc1O. The van der Waals surface area contributed by atoms with Gasteiger partial charge in [-0.2, -0.15) is 0 Å². The number of rotatable bonds is 4. The van der Waals surface area contributed by atoms with Crippen LogP contribution in [0.15, 0.2) is 48.5 Å². The minimum Gasteiger partial charge on any atom is -0.507 e. The number of hydrogen-bond acceptors (Lipinski definition) is 7. The maximum Gasteiger partial charge on any atom is 0.342 e. The number of nitro benzene ring substituents is 1. The standard InChI is InChI=1S/C20H15NO7/c22-18-8-13-4-2-1-3-12(13)7-17(18)20(23)27-10-15-6-16(21(24)25)5-14-9-26-11-28-19(14)15/h1-8,22H,9-11H2. The second-order valence-corrected chi connectivity index (χ2v) is 6.25. The van der Waals surface area contributed by atoms with Gasteiger partial charge in [0.1, 0.15) is 23.7 Å². The van der Waals surface area contributed by atoms with Gasteiger partial charge in [0.05, 0.1) is 11.5 Å². The third-order valence-electron chi connectivity index (χ3n) is 4.43. The van der Waals surface area contributed by atoms with E-state index in [0.717, 1.165) is 10.8 Å². The summed E-state index contributed by atoms with van der Waals surface area (Å²) in [5, 5.41) is 22.9. The average Bonchev–Trinajstić information content (AvgIpc) is 2.71. The van der Waals surface area contributed by atoms with Crippen molar-refractivity contribution in [2.24, 2.45) is 0 Å². The highest BCUT2D eigenvalue weighted by molar-refractivity contribution is 5.98. The van der Waals surface area contributed by atoms with Crippen molar-refractivity contribution in [3.05, 3.63) is 75.3 Å². The predicted molar refractivity (Wildman–Crippen MR) is 98.1 cm³/mol. The maximum atomic E-state index is 12.5. The number of carbonyl (C=O) groups is 1. The lowest BCUT2D eigenvalue weighted by molar-refractivity contribution is -0.385. The number of carbonyl (C=O) groups excluding carboxylic acids is 1. The maximum absolute atomic E-state index is 12.5. The molecule has 0 saturated carbocycles. The molecule has 3 aromatic rings. The Morgan fingerprint density at radius 3 is 2.68 bits per heavy atom. The Labute approximate surface area is 159 Å². The van der Waals surface area contributed by atoms with Gasteiger partial charge in [-0.05, 0) is 22.9 Å². The summed E-state index contributed by atoms with van der Waals surface area (Å²) >= 11 is 0. The predicted octanol–water partition coefficient (Wildman–Crippen LogP) is 3.68. The molecule has 0 saturated heterocycles. The number of nitrogens with zero attached hydrogens (tertiary/aromatic N) is 1. The number of nitro groups is 1. The van der Waals surface area contributed by atoms with Crippen molar-refractivity contribution in [1.29, 1.82) is 0 Å². The van der Waals surface area contributed by atoms with E-state index in [4.69, 9.17) is 14.2 Å². The molecule has 1 heterocycles. The van der Waals surface area contributed by atoms with E-state index >= 15 is 0 Å². The molecule has 0 atom stereocenters. The Bertz CT molecular complexity index is 1090. The zero-order valence-electron chi connectivity index (χ0n) is 14.6. The molecule has 28 heavy (non-hydrogen) atoms. The van der Waals surface area contributed by atoms with E-state index in [1.807, 2.05) is 24.3 Å². The first-order valence-corrected chi connectivity index (χ1v) is 8.42. The summed E-state index contributed by atoms with van der Waals surface area (Å²) in [5.41, 5.74) is 0.746. The molecule has 0 fully saturated rings. The second kappa shape index (κ2) is 7.16. The summed E-state index contributed by atoms with van der Waals surface area (Å²) in [6.45, 7) is -0.0598.